The third-order valence-corrected chi connectivity index (χ3v) is 4.79. The highest BCUT2D eigenvalue weighted by atomic mass is 19.4. The fourth-order valence-corrected chi connectivity index (χ4v) is 2.97. The van der Waals surface area contributed by atoms with Crippen LogP contribution >= 0.6 is 0 Å². The van der Waals surface area contributed by atoms with Gasteiger partial charge in [-0.1, -0.05) is 12.1 Å². The van der Waals surface area contributed by atoms with Gasteiger partial charge < -0.3 is 19.9 Å². The van der Waals surface area contributed by atoms with E-state index >= 15 is 0 Å². The van der Waals surface area contributed by atoms with Gasteiger partial charge in [0.15, 0.2) is 11.8 Å². The van der Waals surface area contributed by atoms with Crippen LogP contribution in [0.3, 0.4) is 0 Å². The van der Waals surface area contributed by atoms with Crippen LogP contribution in [0.2, 0.25) is 0 Å². The zero-order valence-electron chi connectivity index (χ0n) is 16.5. The molecule has 10 heteroatoms. The third kappa shape index (κ3) is 5.93. The van der Waals surface area contributed by atoms with E-state index in [1.54, 1.807) is 6.07 Å². The lowest BCUT2D eigenvalue weighted by atomic mass is 10.1. The minimum atomic E-state index is -4.37. The molecule has 29 heavy (non-hydrogen) atoms. The van der Waals surface area contributed by atoms with Gasteiger partial charge in [0.2, 0.25) is 0 Å². The van der Waals surface area contributed by atoms with Crippen molar-refractivity contribution < 1.29 is 17.9 Å². The number of halogens is 3. The van der Waals surface area contributed by atoms with Crippen molar-refractivity contribution in [2.24, 2.45) is 12.0 Å². The molecule has 0 saturated carbocycles. The van der Waals surface area contributed by atoms with E-state index in [1.165, 1.54) is 6.07 Å². The molecule has 2 aromatic rings. The number of alkyl halides is 3. The molecule has 2 N–H and O–H groups in total. The number of aryl methyl sites for hydroxylation is 1. The van der Waals surface area contributed by atoms with Crippen LogP contribution in [-0.4, -0.2) is 40.0 Å². The summed E-state index contributed by atoms with van der Waals surface area (Å²) in [6, 6.07) is 5.19. The third-order valence-electron chi connectivity index (χ3n) is 4.79. The number of nitrogens with zero attached hydrogens (tertiary/aromatic N) is 4. The summed E-state index contributed by atoms with van der Waals surface area (Å²) >= 11 is 0. The lowest BCUT2D eigenvalue weighted by Gasteiger charge is -2.15. The van der Waals surface area contributed by atoms with Crippen molar-refractivity contribution in [3.63, 3.8) is 0 Å². The molecule has 1 unspecified atom stereocenters. The molecule has 1 fully saturated rings. The van der Waals surface area contributed by atoms with Crippen LogP contribution in [-0.2, 0) is 31.1 Å². The maximum absolute atomic E-state index is 12.9. The Hall–Kier alpha value is -2.62. The topological polar surface area (TPSA) is 76.4 Å². The summed E-state index contributed by atoms with van der Waals surface area (Å²) in [6.45, 7) is 3.68. The summed E-state index contributed by atoms with van der Waals surface area (Å²) in [6.07, 6.45) is -2.28. The molecule has 1 aliphatic heterocycles. The molecular weight excluding hydrogens is 385 g/mol. The van der Waals surface area contributed by atoms with Gasteiger partial charge in [-0.25, -0.2) is 4.99 Å². The quantitative estimate of drug-likeness (QED) is 0.566. The predicted octanol–water partition coefficient (Wildman–Crippen LogP) is 2.56. The zero-order valence-corrected chi connectivity index (χ0v) is 16.5. The molecule has 158 valence electrons. The number of aliphatic imine (C=N–C) groups is 1. The van der Waals surface area contributed by atoms with Crippen molar-refractivity contribution in [1.82, 2.24) is 25.4 Å². The average molecular weight is 410 g/mol. The summed E-state index contributed by atoms with van der Waals surface area (Å²) < 4.78 is 46.2. The molecule has 0 amide bonds. The van der Waals surface area contributed by atoms with Gasteiger partial charge in [-0.15, -0.1) is 10.2 Å². The maximum Gasteiger partial charge on any atom is 0.416 e. The molecule has 1 atom stereocenters. The molecule has 0 spiro atoms. The second kappa shape index (κ2) is 9.25. The van der Waals surface area contributed by atoms with Crippen molar-refractivity contribution >= 4 is 5.96 Å². The van der Waals surface area contributed by atoms with E-state index in [0.29, 0.717) is 24.6 Å². The Bertz CT molecular complexity index is 843. The number of nitrogens with one attached hydrogen (secondary N) is 2. The van der Waals surface area contributed by atoms with Crippen molar-refractivity contribution in [2.75, 3.05) is 13.2 Å². The lowest BCUT2D eigenvalue weighted by molar-refractivity contribution is -0.137. The Balaban J connectivity index is 1.68. The van der Waals surface area contributed by atoms with Gasteiger partial charge in [0.25, 0.3) is 0 Å². The number of guanidine groups is 1. The van der Waals surface area contributed by atoms with Crippen LogP contribution in [0.25, 0.3) is 0 Å². The molecule has 1 aromatic carbocycles. The van der Waals surface area contributed by atoms with E-state index in [0.717, 1.165) is 43.2 Å². The predicted molar refractivity (Wildman–Crippen MR) is 102 cm³/mol. The number of hydrogen-bond acceptors (Lipinski definition) is 4. The Morgan fingerprint density at radius 3 is 2.79 bits per heavy atom. The maximum atomic E-state index is 12.9. The van der Waals surface area contributed by atoms with Gasteiger partial charge in [-0.3, -0.25) is 0 Å². The first kappa shape index (κ1) is 21.1. The first-order valence-corrected chi connectivity index (χ1v) is 9.47. The molecular formula is C19H25F3N6O. The monoisotopic (exact) mass is 410 g/mol. The normalized spacial score (nSPS) is 17.6. The van der Waals surface area contributed by atoms with Crippen LogP contribution in [0, 0.1) is 6.92 Å². The Morgan fingerprint density at radius 2 is 2.14 bits per heavy atom. The van der Waals surface area contributed by atoms with Crippen LogP contribution in [0.5, 0.6) is 0 Å². The fraction of sp³-hybridized carbons (Fsp3) is 0.526. The second-order valence-corrected chi connectivity index (χ2v) is 6.95. The zero-order chi connectivity index (χ0) is 20.9. The average Bonchev–Trinajstić information content (AvgIpc) is 3.32. The van der Waals surface area contributed by atoms with Crippen LogP contribution in [0.4, 0.5) is 13.2 Å². The van der Waals surface area contributed by atoms with E-state index in [2.05, 4.69) is 25.8 Å². The number of benzene rings is 1. The molecule has 1 aromatic heterocycles. The van der Waals surface area contributed by atoms with E-state index < -0.39 is 11.7 Å². The molecule has 0 aliphatic carbocycles. The number of hydrogen-bond donors (Lipinski definition) is 2. The van der Waals surface area contributed by atoms with E-state index in [1.807, 2.05) is 18.5 Å². The first-order valence-electron chi connectivity index (χ1n) is 9.47. The molecule has 1 saturated heterocycles. The lowest BCUT2D eigenvalue weighted by Crippen LogP contribution is -2.41. The van der Waals surface area contributed by atoms with Crippen LogP contribution in [0.15, 0.2) is 29.3 Å². The smallest absolute Gasteiger partial charge is 0.376 e. The van der Waals surface area contributed by atoms with Gasteiger partial charge >= 0.3 is 6.18 Å². The number of ether oxygens (including phenoxy) is 1. The standard InChI is InChI=1S/C19H25F3N6O/c1-13-26-27-17(28(13)2)12-25-18(24-11-16-7-4-8-29-16)23-10-14-5-3-6-15(9-14)19(20,21)22/h3,5-6,9,16H,4,7-8,10-12H2,1-2H3,(H2,23,24,25). The Morgan fingerprint density at radius 1 is 1.31 bits per heavy atom. The van der Waals surface area contributed by atoms with Gasteiger partial charge in [0.1, 0.15) is 5.82 Å². The van der Waals surface area contributed by atoms with Crippen LogP contribution in [0.1, 0.15) is 35.6 Å². The second-order valence-electron chi connectivity index (χ2n) is 6.95. The Labute approximate surface area is 167 Å². The van der Waals surface area contributed by atoms with E-state index in [9.17, 15) is 13.2 Å². The van der Waals surface area contributed by atoms with Crippen LogP contribution < -0.4 is 10.6 Å². The highest BCUT2D eigenvalue weighted by Gasteiger charge is 2.30. The minimum absolute atomic E-state index is 0.104. The number of rotatable bonds is 6. The van der Waals surface area contributed by atoms with Crippen molar-refractivity contribution in [2.45, 2.75) is 45.1 Å². The van der Waals surface area contributed by atoms with E-state index in [-0.39, 0.29) is 12.6 Å². The highest BCUT2D eigenvalue weighted by molar-refractivity contribution is 5.79. The highest BCUT2D eigenvalue weighted by Crippen LogP contribution is 2.29. The van der Waals surface area contributed by atoms with E-state index in [4.69, 9.17) is 4.74 Å². The number of aromatic nitrogens is 3. The largest absolute Gasteiger partial charge is 0.416 e. The first-order chi connectivity index (χ1) is 13.8. The molecule has 0 bridgehead atoms. The van der Waals surface area contributed by atoms with Crippen molar-refractivity contribution in [1.29, 1.82) is 0 Å². The molecule has 2 heterocycles. The van der Waals surface area contributed by atoms with Gasteiger partial charge in [-0.2, -0.15) is 13.2 Å². The Kier molecular flexibility index (Phi) is 6.73. The van der Waals surface area contributed by atoms with Gasteiger partial charge in [0, 0.05) is 20.2 Å². The summed E-state index contributed by atoms with van der Waals surface area (Å²) in [5.41, 5.74) is -0.200. The summed E-state index contributed by atoms with van der Waals surface area (Å²) in [4.78, 5) is 4.44. The molecule has 7 nitrogen and oxygen atoms in total. The fourth-order valence-electron chi connectivity index (χ4n) is 2.97. The summed E-state index contributed by atoms with van der Waals surface area (Å²) in [5.74, 6) is 2.00. The minimum Gasteiger partial charge on any atom is -0.376 e. The SMILES string of the molecule is Cc1nnc(CNC(=NCc2cccc(C(F)(F)F)c2)NCC2CCCO2)n1C. The molecule has 0 radical (unpaired) electrons. The summed E-state index contributed by atoms with van der Waals surface area (Å²) in [5, 5.41) is 14.5. The van der Waals surface area contributed by atoms with Crippen molar-refractivity contribution in [3.05, 3.63) is 47.0 Å². The molecule has 1 aliphatic rings. The van der Waals surface area contributed by atoms with Crippen molar-refractivity contribution in [3.8, 4) is 0 Å². The molecule has 3 rings (SSSR count). The van der Waals surface area contributed by atoms with Gasteiger partial charge in [0.05, 0.1) is 24.8 Å². The summed E-state index contributed by atoms with van der Waals surface area (Å²) in [7, 11) is 1.87. The van der Waals surface area contributed by atoms with Gasteiger partial charge in [-0.05, 0) is 37.5 Å².